The molecule has 0 spiro atoms. The zero-order chi connectivity index (χ0) is 26.9. The molecule has 1 aromatic heterocycles. The number of hydrogen-bond donors (Lipinski definition) is 3. The largest absolute Gasteiger partial charge is 0.431 e. The van der Waals surface area contributed by atoms with Gasteiger partial charge in [0, 0.05) is 12.1 Å². The van der Waals surface area contributed by atoms with Gasteiger partial charge >= 0.3 is 5.63 Å². The summed E-state index contributed by atoms with van der Waals surface area (Å²) < 4.78 is 17.3. The zero-order valence-corrected chi connectivity index (χ0v) is 23.1. The van der Waals surface area contributed by atoms with Gasteiger partial charge in [-0.3, -0.25) is 0 Å². The second-order valence-electron chi connectivity index (χ2n) is 13.5. The standard InChI is InChI=1S/C31H45NO6/c1-18-25(32)16-26(33)28(37-18)38-22-9-11-29(2)20(15-22)5-6-24-23(29)10-12-30(3)21(8-13-31(24,30)35)14-19-4-7-27(34)36-17-19/h4,7,15,17-18,21-26,28,33,35H,5-6,8-14,16,32H2,1-3H3/t18-,21?,22?,23?,24?,25?,26+,28?,29?,30?,31?/m0/s1. The van der Waals surface area contributed by atoms with Crippen LogP contribution in [0.4, 0.5) is 0 Å². The fourth-order valence-corrected chi connectivity index (χ4v) is 9.28. The maximum Gasteiger partial charge on any atom is 0.335 e. The summed E-state index contributed by atoms with van der Waals surface area (Å²) >= 11 is 0. The van der Waals surface area contributed by atoms with E-state index < -0.39 is 18.0 Å². The highest BCUT2D eigenvalue weighted by Gasteiger charge is 2.66. The van der Waals surface area contributed by atoms with Crippen molar-refractivity contribution in [1.82, 2.24) is 0 Å². The van der Waals surface area contributed by atoms with Gasteiger partial charge in [-0.25, -0.2) is 4.79 Å². The number of hydrogen-bond acceptors (Lipinski definition) is 7. The van der Waals surface area contributed by atoms with E-state index in [0.717, 1.165) is 63.4 Å². The van der Waals surface area contributed by atoms with Crippen molar-refractivity contribution in [3.05, 3.63) is 46.0 Å². The minimum absolute atomic E-state index is 0.0606. The van der Waals surface area contributed by atoms with Crippen molar-refractivity contribution in [3.63, 3.8) is 0 Å². The first-order chi connectivity index (χ1) is 18.0. The number of allylic oxidation sites excluding steroid dienone is 1. The van der Waals surface area contributed by atoms with Crippen LogP contribution in [0.2, 0.25) is 0 Å². The molecule has 0 radical (unpaired) electrons. The van der Waals surface area contributed by atoms with Crippen molar-refractivity contribution in [2.75, 3.05) is 0 Å². The van der Waals surface area contributed by atoms with E-state index in [1.807, 2.05) is 13.0 Å². The molecule has 7 heteroatoms. The SMILES string of the molecule is C[C@@H]1OC(OC2C=C3CCC4C(CCC5(C)C(Cc6ccc(=O)oc6)CCC45O)C3(C)CC2)[C@H](O)CC1N. The van der Waals surface area contributed by atoms with Crippen LogP contribution in [0.25, 0.3) is 0 Å². The molecule has 3 saturated carbocycles. The zero-order valence-electron chi connectivity index (χ0n) is 23.1. The minimum atomic E-state index is -0.698. The summed E-state index contributed by atoms with van der Waals surface area (Å²) in [6.07, 6.45) is 11.7. The Morgan fingerprint density at radius 2 is 1.92 bits per heavy atom. The van der Waals surface area contributed by atoms with Crippen LogP contribution in [0.1, 0.15) is 84.1 Å². The Hall–Kier alpha value is -1.51. The van der Waals surface area contributed by atoms with Gasteiger partial charge in [-0.05, 0) is 111 Å². The molecule has 1 aromatic rings. The van der Waals surface area contributed by atoms with Crippen LogP contribution in [0.3, 0.4) is 0 Å². The molecule has 4 aliphatic carbocycles. The molecule has 38 heavy (non-hydrogen) atoms. The predicted molar refractivity (Wildman–Crippen MR) is 143 cm³/mol. The number of fused-ring (bicyclic) bond motifs is 5. The Morgan fingerprint density at radius 3 is 2.68 bits per heavy atom. The molecule has 9 unspecified atom stereocenters. The van der Waals surface area contributed by atoms with Crippen LogP contribution in [0.15, 0.2) is 39.3 Å². The molecule has 5 aliphatic rings. The highest BCUT2D eigenvalue weighted by molar-refractivity contribution is 5.28. The summed E-state index contributed by atoms with van der Waals surface area (Å²) in [6.45, 7) is 6.68. The predicted octanol–water partition coefficient (Wildman–Crippen LogP) is 4.08. The van der Waals surface area contributed by atoms with Crippen molar-refractivity contribution in [1.29, 1.82) is 0 Å². The number of nitrogens with two attached hydrogens (primary N) is 1. The molecule has 0 aromatic carbocycles. The summed E-state index contributed by atoms with van der Waals surface area (Å²) in [5, 5.41) is 22.9. The van der Waals surface area contributed by atoms with E-state index in [1.54, 1.807) is 6.26 Å². The van der Waals surface area contributed by atoms with E-state index in [0.29, 0.717) is 24.2 Å². The second kappa shape index (κ2) is 9.55. The second-order valence-corrected chi connectivity index (χ2v) is 13.5. The Bertz CT molecular complexity index is 1110. The van der Waals surface area contributed by atoms with Crippen LogP contribution in [0, 0.1) is 28.6 Å². The molecule has 0 bridgehead atoms. The highest BCUT2D eigenvalue weighted by atomic mass is 16.7. The lowest BCUT2D eigenvalue weighted by molar-refractivity contribution is -0.254. The third-order valence-corrected chi connectivity index (χ3v) is 11.8. The van der Waals surface area contributed by atoms with Gasteiger partial charge in [-0.2, -0.15) is 0 Å². The van der Waals surface area contributed by atoms with Crippen LogP contribution in [-0.4, -0.2) is 46.5 Å². The quantitative estimate of drug-likeness (QED) is 0.505. The molecule has 11 atom stereocenters. The van der Waals surface area contributed by atoms with Gasteiger partial charge in [0.05, 0.1) is 24.1 Å². The van der Waals surface area contributed by atoms with Gasteiger partial charge in [-0.1, -0.05) is 25.5 Å². The molecule has 4 fully saturated rings. The molecule has 7 nitrogen and oxygen atoms in total. The van der Waals surface area contributed by atoms with Crippen molar-refractivity contribution in [2.45, 2.75) is 121 Å². The van der Waals surface area contributed by atoms with E-state index >= 15 is 0 Å². The molecule has 1 saturated heterocycles. The maximum absolute atomic E-state index is 12.4. The monoisotopic (exact) mass is 527 g/mol. The smallest absolute Gasteiger partial charge is 0.335 e. The van der Waals surface area contributed by atoms with Gasteiger partial charge < -0.3 is 29.8 Å². The van der Waals surface area contributed by atoms with E-state index in [2.05, 4.69) is 19.9 Å². The lowest BCUT2D eigenvalue weighted by Gasteiger charge is -2.62. The number of rotatable bonds is 4. The van der Waals surface area contributed by atoms with Crippen LogP contribution in [0.5, 0.6) is 0 Å². The normalized spacial score (nSPS) is 48.5. The summed E-state index contributed by atoms with van der Waals surface area (Å²) in [4.78, 5) is 11.4. The maximum atomic E-state index is 12.4. The molecule has 6 rings (SSSR count). The lowest BCUT2D eigenvalue weighted by atomic mass is 9.45. The average Bonchev–Trinajstić information content (AvgIpc) is 3.14. The summed E-state index contributed by atoms with van der Waals surface area (Å²) in [5.74, 6) is 1.14. The molecule has 4 N–H and O–H groups in total. The van der Waals surface area contributed by atoms with Crippen molar-refractivity contribution in [3.8, 4) is 0 Å². The first-order valence-corrected chi connectivity index (χ1v) is 14.8. The molecule has 1 aliphatic heterocycles. The van der Waals surface area contributed by atoms with Gasteiger partial charge in [0.1, 0.15) is 6.10 Å². The van der Waals surface area contributed by atoms with Gasteiger partial charge in [0.2, 0.25) is 0 Å². The van der Waals surface area contributed by atoms with E-state index in [4.69, 9.17) is 19.6 Å². The van der Waals surface area contributed by atoms with Gasteiger partial charge in [0.15, 0.2) is 6.29 Å². The Labute approximate surface area is 225 Å². The first kappa shape index (κ1) is 26.7. The molecule has 210 valence electrons. The Morgan fingerprint density at radius 1 is 1.11 bits per heavy atom. The highest BCUT2D eigenvalue weighted by Crippen LogP contribution is 2.68. The van der Waals surface area contributed by atoms with Crippen LogP contribution in [-0.2, 0) is 15.9 Å². The minimum Gasteiger partial charge on any atom is -0.431 e. The summed E-state index contributed by atoms with van der Waals surface area (Å²) in [7, 11) is 0. The van der Waals surface area contributed by atoms with Crippen LogP contribution >= 0.6 is 0 Å². The lowest BCUT2D eigenvalue weighted by Crippen LogP contribution is -2.61. The van der Waals surface area contributed by atoms with E-state index in [1.165, 1.54) is 11.6 Å². The first-order valence-electron chi connectivity index (χ1n) is 14.8. The number of ether oxygens (including phenoxy) is 2. The number of aliphatic hydroxyl groups excluding tert-OH is 1. The molecule has 0 amide bonds. The Balaban J connectivity index is 1.18. The third-order valence-electron chi connectivity index (χ3n) is 11.8. The van der Waals surface area contributed by atoms with Gasteiger partial charge in [-0.15, -0.1) is 0 Å². The number of aliphatic hydroxyl groups is 2. The fraction of sp³-hybridized carbons (Fsp3) is 0.774. The van der Waals surface area contributed by atoms with Crippen molar-refractivity contribution < 1.29 is 24.1 Å². The van der Waals surface area contributed by atoms with Gasteiger partial charge in [0.25, 0.3) is 0 Å². The van der Waals surface area contributed by atoms with Crippen LogP contribution < -0.4 is 11.4 Å². The molecule has 2 heterocycles. The topological polar surface area (TPSA) is 115 Å². The third kappa shape index (κ3) is 4.15. The Kier molecular flexibility index (Phi) is 6.71. The van der Waals surface area contributed by atoms with E-state index in [9.17, 15) is 15.0 Å². The average molecular weight is 528 g/mol. The molecular formula is C31H45NO6. The van der Waals surface area contributed by atoms with E-state index in [-0.39, 0.29) is 34.7 Å². The summed E-state index contributed by atoms with van der Waals surface area (Å²) in [5.41, 5.74) is 7.53. The summed E-state index contributed by atoms with van der Waals surface area (Å²) in [6, 6.07) is 3.21. The fourth-order valence-electron chi connectivity index (χ4n) is 9.28. The van der Waals surface area contributed by atoms with Crippen molar-refractivity contribution >= 4 is 0 Å². The molecular weight excluding hydrogens is 482 g/mol. The van der Waals surface area contributed by atoms with Crippen molar-refractivity contribution in [2.24, 2.45) is 34.3 Å².